The summed E-state index contributed by atoms with van der Waals surface area (Å²) < 4.78 is 0. The molecule has 112 valence electrons. The molecule has 1 aromatic rings. The number of aryl methyl sites for hydroxylation is 1. The van der Waals surface area contributed by atoms with Gasteiger partial charge in [0.2, 0.25) is 0 Å². The van der Waals surface area contributed by atoms with Gasteiger partial charge in [-0.2, -0.15) is 0 Å². The van der Waals surface area contributed by atoms with Crippen LogP contribution in [0.2, 0.25) is 0 Å². The van der Waals surface area contributed by atoms with E-state index in [0.29, 0.717) is 23.1 Å². The summed E-state index contributed by atoms with van der Waals surface area (Å²) in [6.07, 6.45) is 2.33. The van der Waals surface area contributed by atoms with E-state index in [1.54, 1.807) is 19.1 Å². The molecule has 2 aliphatic rings. The molecule has 21 heavy (non-hydrogen) atoms. The first-order valence-corrected chi connectivity index (χ1v) is 7.34. The zero-order valence-corrected chi connectivity index (χ0v) is 12.0. The van der Waals surface area contributed by atoms with Crippen LogP contribution < -0.4 is 5.32 Å². The van der Waals surface area contributed by atoms with Crippen molar-refractivity contribution in [3.63, 3.8) is 0 Å². The zero-order valence-electron chi connectivity index (χ0n) is 12.0. The molecule has 3 rings (SSSR count). The first-order chi connectivity index (χ1) is 10.1. The van der Waals surface area contributed by atoms with Crippen LogP contribution >= 0.6 is 0 Å². The number of piperidine rings is 1. The van der Waals surface area contributed by atoms with Gasteiger partial charge in [-0.25, -0.2) is 0 Å². The monoisotopic (exact) mass is 289 g/mol. The molecule has 1 aromatic carbocycles. The van der Waals surface area contributed by atoms with E-state index < -0.39 is 4.92 Å². The van der Waals surface area contributed by atoms with E-state index in [2.05, 4.69) is 5.32 Å². The van der Waals surface area contributed by atoms with Crippen LogP contribution in [0.25, 0.3) is 0 Å². The lowest BCUT2D eigenvalue weighted by Crippen LogP contribution is -2.41. The zero-order chi connectivity index (χ0) is 15.0. The first-order valence-electron chi connectivity index (χ1n) is 7.34. The Hall–Kier alpha value is -1.95. The molecule has 0 bridgehead atoms. The molecule has 2 aliphatic heterocycles. The minimum absolute atomic E-state index is 0.0239. The van der Waals surface area contributed by atoms with Crippen LogP contribution in [0, 0.1) is 23.0 Å². The fourth-order valence-electron chi connectivity index (χ4n) is 3.39. The third-order valence-electron chi connectivity index (χ3n) is 4.53. The number of hydrogen-bond donors (Lipinski definition) is 1. The number of rotatable bonds is 2. The molecule has 2 heterocycles. The summed E-state index contributed by atoms with van der Waals surface area (Å²) in [5.41, 5.74) is 1.13. The SMILES string of the molecule is Cc1cc(C(=O)N2CC3CCCNC3C2)ccc1[N+](=O)[O-]. The van der Waals surface area contributed by atoms with E-state index in [0.717, 1.165) is 19.6 Å². The largest absolute Gasteiger partial charge is 0.337 e. The van der Waals surface area contributed by atoms with Gasteiger partial charge in [-0.1, -0.05) is 0 Å². The Bertz CT molecular complexity index is 574. The second kappa shape index (κ2) is 5.44. The van der Waals surface area contributed by atoms with Gasteiger partial charge in [0.25, 0.3) is 11.6 Å². The van der Waals surface area contributed by atoms with Gasteiger partial charge in [-0.05, 0) is 44.4 Å². The number of benzene rings is 1. The molecule has 2 fully saturated rings. The molecule has 2 saturated heterocycles. The van der Waals surface area contributed by atoms with Crippen molar-refractivity contribution in [3.05, 3.63) is 39.4 Å². The lowest BCUT2D eigenvalue weighted by molar-refractivity contribution is -0.385. The van der Waals surface area contributed by atoms with E-state index in [9.17, 15) is 14.9 Å². The predicted molar refractivity (Wildman–Crippen MR) is 78.3 cm³/mol. The molecule has 1 N–H and O–H groups in total. The smallest absolute Gasteiger partial charge is 0.272 e. The molecular weight excluding hydrogens is 270 g/mol. The number of amides is 1. The Labute approximate surface area is 123 Å². The van der Waals surface area contributed by atoms with Gasteiger partial charge >= 0.3 is 0 Å². The van der Waals surface area contributed by atoms with Crippen LogP contribution in [0.5, 0.6) is 0 Å². The number of carbonyl (C=O) groups excluding carboxylic acids is 1. The highest BCUT2D eigenvalue weighted by molar-refractivity contribution is 5.95. The number of likely N-dealkylation sites (tertiary alicyclic amines) is 1. The molecule has 6 nitrogen and oxygen atoms in total. The van der Waals surface area contributed by atoms with Crippen molar-refractivity contribution < 1.29 is 9.72 Å². The van der Waals surface area contributed by atoms with Crippen molar-refractivity contribution in [2.24, 2.45) is 5.92 Å². The third kappa shape index (κ3) is 2.63. The number of nitrogens with zero attached hydrogens (tertiary/aromatic N) is 2. The topological polar surface area (TPSA) is 75.5 Å². The van der Waals surface area contributed by atoms with Crippen LogP contribution in [0.1, 0.15) is 28.8 Å². The standard InChI is InChI=1S/C15H19N3O3/c1-10-7-11(4-5-14(10)18(20)21)15(19)17-8-12-3-2-6-16-13(12)9-17/h4-5,7,12-13,16H,2-3,6,8-9H2,1H3. The predicted octanol–water partition coefficient (Wildman–Crippen LogP) is 1.73. The van der Waals surface area contributed by atoms with Gasteiger partial charge in [0, 0.05) is 36.3 Å². The Kier molecular flexibility index (Phi) is 3.63. The van der Waals surface area contributed by atoms with Gasteiger partial charge < -0.3 is 10.2 Å². The van der Waals surface area contributed by atoms with E-state index in [4.69, 9.17) is 0 Å². The molecule has 0 saturated carbocycles. The maximum atomic E-state index is 12.6. The average Bonchev–Trinajstić information content (AvgIpc) is 2.89. The summed E-state index contributed by atoms with van der Waals surface area (Å²) in [6, 6.07) is 5.00. The lowest BCUT2D eigenvalue weighted by atomic mass is 9.94. The average molecular weight is 289 g/mol. The normalized spacial score (nSPS) is 24.7. The van der Waals surface area contributed by atoms with Gasteiger partial charge in [0.1, 0.15) is 0 Å². The van der Waals surface area contributed by atoms with Crippen molar-refractivity contribution in [1.82, 2.24) is 10.2 Å². The highest BCUT2D eigenvalue weighted by Crippen LogP contribution is 2.27. The fraction of sp³-hybridized carbons (Fsp3) is 0.533. The van der Waals surface area contributed by atoms with Gasteiger partial charge in [-0.3, -0.25) is 14.9 Å². The summed E-state index contributed by atoms with van der Waals surface area (Å²) in [5, 5.41) is 14.3. The molecule has 1 amide bonds. The van der Waals surface area contributed by atoms with Crippen molar-refractivity contribution in [2.75, 3.05) is 19.6 Å². The molecular formula is C15H19N3O3. The number of nitro groups is 1. The fourth-order valence-corrected chi connectivity index (χ4v) is 3.39. The molecule has 0 radical (unpaired) electrons. The Balaban J connectivity index is 1.76. The summed E-state index contributed by atoms with van der Waals surface area (Å²) >= 11 is 0. The molecule has 0 aromatic heterocycles. The Morgan fingerprint density at radius 3 is 2.90 bits per heavy atom. The van der Waals surface area contributed by atoms with Crippen LogP contribution in [0.4, 0.5) is 5.69 Å². The number of carbonyl (C=O) groups is 1. The Morgan fingerprint density at radius 2 is 2.24 bits per heavy atom. The number of nitrogens with one attached hydrogen (secondary N) is 1. The molecule has 2 atom stereocenters. The highest BCUT2D eigenvalue weighted by atomic mass is 16.6. The van der Waals surface area contributed by atoms with Crippen molar-refractivity contribution >= 4 is 11.6 Å². The van der Waals surface area contributed by atoms with E-state index in [-0.39, 0.29) is 11.6 Å². The number of hydrogen-bond acceptors (Lipinski definition) is 4. The van der Waals surface area contributed by atoms with Crippen LogP contribution in [0.15, 0.2) is 18.2 Å². The van der Waals surface area contributed by atoms with E-state index in [1.807, 2.05) is 4.90 Å². The maximum Gasteiger partial charge on any atom is 0.272 e. The minimum atomic E-state index is -0.419. The summed E-state index contributed by atoms with van der Waals surface area (Å²) in [5.74, 6) is 0.519. The van der Waals surface area contributed by atoms with Crippen LogP contribution in [-0.2, 0) is 0 Å². The maximum absolute atomic E-state index is 12.6. The van der Waals surface area contributed by atoms with Gasteiger partial charge in [0.15, 0.2) is 0 Å². The molecule has 6 heteroatoms. The van der Waals surface area contributed by atoms with Crippen molar-refractivity contribution in [1.29, 1.82) is 0 Å². The van der Waals surface area contributed by atoms with E-state index in [1.165, 1.54) is 18.9 Å². The summed E-state index contributed by atoms with van der Waals surface area (Å²) in [4.78, 5) is 24.8. The van der Waals surface area contributed by atoms with Crippen molar-refractivity contribution in [3.8, 4) is 0 Å². The van der Waals surface area contributed by atoms with Gasteiger partial charge in [0.05, 0.1) is 4.92 Å². The first kappa shape index (κ1) is 14.0. The molecule has 0 aliphatic carbocycles. The van der Waals surface area contributed by atoms with Crippen LogP contribution in [0.3, 0.4) is 0 Å². The summed E-state index contributed by atoms with van der Waals surface area (Å²) in [6.45, 7) is 4.21. The summed E-state index contributed by atoms with van der Waals surface area (Å²) in [7, 11) is 0. The van der Waals surface area contributed by atoms with E-state index >= 15 is 0 Å². The second-order valence-corrected chi connectivity index (χ2v) is 5.93. The van der Waals surface area contributed by atoms with Crippen molar-refractivity contribution in [2.45, 2.75) is 25.8 Å². The van der Waals surface area contributed by atoms with Gasteiger partial charge in [-0.15, -0.1) is 0 Å². The van der Waals surface area contributed by atoms with Crippen LogP contribution in [-0.4, -0.2) is 41.4 Å². The highest BCUT2D eigenvalue weighted by Gasteiger charge is 2.36. The quantitative estimate of drug-likeness (QED) is 0.664. The minimum Gasteiger partial charge on any atom is -0.337 e. The third-order valence-corrected chi connectivity index (χ3v) is 4.53. The Morgan fingerprint density at radius 1 is 1.43 bits per heavy atom. The molecule has 0 spiro atoms. The number of nitro benzene ring substituents is 1. The molecule has 2 unspecified atom stereocenters. The second-order valence-electron chi connectivity index (χ2n) is 5.93. The number of fused-ring (bicyclic) bond motifs is 1. The lowest BCUT2D eigenvalue weighted by Gasteiger charge is -2.24.